The molecule has 1 aliphatic heterocycles. The van der Waals surface area contributed by atoms with Crippen LogP contribution in [0.25, 0.3) is 11.0 Å². The molecule has 4 rings (SSSR count). The maximum Gasteiger partial charge on any atom is 0.326 e. The van der Waals surface area contributed by atoms with E-state index in [1.165, 1.54) is 11.3 Å². The third-order valence-corrected chi connectivity index (χ3v) is 5.15. The Morgan fingerprint density at radius 1 is 1.04 bits per heavy atom. The number of para-hydroxylation sites is 1. The topological polar surface area (TPSA) is 64.5 Å². The summed E-state index contributed by atoms with van der Waals surface area (Å²) in [6.07, 6.45) is 0. The minimum Gasteiger partial charge on any atom is -0.506 e. The SMILES string of the molecule is Cc1cccc(N2CCN(CCn3c(=O)[nH]c4cccc(O)c43)CC2)c1. The third kappa shape index (κ3) is 3.20. The molecule has 2 aromatic carbocycles. The molecule has 0 amide bonds. The molecule has 1 aromatic heterocycles. The molecule has 0 radical (unpaired) electrons. The lowest BCUT2D eigenvalue weighted by atomic mass is 10.2. The maximum absolute atomic E-state index is 12.2. The van der Waals surface area contributed by atoms with Gasteiger partial charge in [0.15, 0.2) is 0 Å². The van der Waals surface area contributed by atoms with Crippen LogP contribution in [0.2, 0.25) is 0 Å². The fourth-order valence-corrected chi connectivity index (χ4v) is 3.71. The molecule has 26 heavy (non-hydrogen) atoms. The van der Waals surface area contributed by atoms with Crippen LogP contribution in [-0.4, -0.2) is 52.3 Å². The highest BCUT2D eigenvalue weighted by molar-refractivity contribution is 5.81. The molecule has 1 aliphatic rings. The van der Waals surface area contributed by atoms with Crippen molar-refractivity contribution in [2.75, 3.05) is 37.6 Å². The normalized spacial score (nSPS) is 15.7. The van der Waals surface area contributed by atoms with E-state index >= 15 is 0 Å². The second-order valence-electron chi connectivity index (χ2n) is 6.92. The van der Waals surface area contributed by atoms with Crippen LogP contribution in [0.1, 0.15) is 5.56 Å². The van der Waals surface area contributed by atoms with E-state index in [1.54, 1.807) is 16.7 Å². The summed E-state index contributed by atoms with van der Waals surface area (Å²) >= 11 is 0. The van der Waals surface area contributed by atoms with Gasteiger partial charge < -0.3 is 15.0 Å². The second-order valence-corrected chi connectivity index (χ2v) is 6.92. The largest absolute Gasteiger partial charge is 0.506 e. The van der Waals surface area contributed by atoms with Crippen molar-refractivity contribution in [3.63, 3.8) is 0 Å². The number of aromatic hydroxyl groups is 1. The molecule has 0 unspecified atom stereocenters. The molecule has 0 bridgehead atoms. The number of H-pyrrole nitrogens is 1. The summed E-state index contributed by atoms with van der Waals surface area (Å²) in [7, 11) is 0. The van der Waals surface area contributed by atoms with Gasteiger partial charge in [-0.25, -0.2) is 4.79 Å². The molecular formula is C20H24N4O2. The van der Waals surface area contributed by atoms with Crippen molar-refractivity contribution in [1.29, 1.82) is 0 Å². The molecule has 136 valence electrons. The molecule has 0 spiro atoms. The number of rotatable bonds is 4. The van der Waals surface area contributed by atoms with E-state index in [9.17, 15) is 9.90 Å². The van der Waals surface area contributed by atoms with E-state index in [1.807, 2.05) is 6.07 Å². The number of fused-ring (bicyclic) bond motifs is 1. The van der Waals surface area contributed by atoms with Crippen molar-refractivity contribution in [3.8, 4) is 5.75 Å². The Bertz CT molecular complexity index is 967. The number of aromatic nitrogens is 2. The number of anilines is 1. The summed E-state index contributed by atoms with van der Waals surface area (Å²) < 4.78 is 1.64. The van der Waals surface area contributed by atoms with Crippen LogP contribution < -0.4 is 10.6 Å². The first-order chi connectivity index (χ1) is 12.6. The molecule has 0 atom stereocenters. The predicted molar refractivity (Wildman–Crippen MR) is 104 cm³/mol. The Morgan fingerprint density at radius 3 is 2.58 bits per heavy atom. The minimum absolute atomic E-state index is 0.144. The molecule has 3 aromatic rings. The van der Waals surface area contributed by atoms with Crippen LogP contribution in [0, 0.1) is 6.92 Å². The lowest BCUT2D eigenvalue weighted by Crippen LogP contribution is -2.47. The smallest absolute Gasteiger partial charge is 0.326 e. The number of hydrogen-bond acceptors (Lipinski definition) is 4. The maximum atomic E-state index is 12.2. The predicted octanol–water partition coefficient (Wildman–Crippen LogP) is 2.17. The van der Waals surface area contributed by atoms with Gasteiger partial charge in [-0.15, -0.1) is 0 Å². The molecule has 0 saturated carbocycles. The molecule has 6 heteroatoms. The number of nitrogens with zero attached hydrogens (tertiary/aromatic N) is 3. The Kier molecular flexibility index (Phi) is 4.42. The number of imidazole rings is 1. The van der Waals surface area contributed by atoms with Gasteiger partial charge in [0.1, 0.15) is 11.3 Å². The lowest BCUT2D eigenvalue weighted by Gasteiger charge is -2.36. The first-order valence-corrected chi connectivity index (χ1v) is 9.06. The summed E-state index contributed by atoms with van der Waals surface area (Å²) in [6.45, 7) is 7.39. The highest BCUT2D eigenvalue weighted by atomic mass is 16.3. The van der Waals surface area contributed by atoms with Gasteiger partial charge in [-0.3, -0.25) is 9.47 Å². The Morgan fingerprint density at radius 2 is 1.81 bits per heavy atom. The van der Waals surface area contributed by atoms with E-state index in [0.29, 0.717) is 17.6 Å². The minimum atomic E-state index is -0.167. The zero-order valence-electron chi connectivity index (χ0n) is 15.0. The summed E-state index contributed by atoms with van der Waals surface area (Å²) in [5, 5.41) is 10.1. The number of hydrogen-bond donors (Lipinski definition) is 2. The number of phenols is 1. The van der Waals surface area contributed by atoms with Gasteiger partial charge in [0.2, 0.25) is 0 Å². The van der Waals surface area contributed by atoms with E-state index in [-0.39, 0.29) is 11.4 Å². The van der Waals surface area contributed by atoms with Crippen molar-refractivity contribution >= 4 is 16.7 Å². The molecule has 2 N–H and O–H groups in total. The molecule has 2 heterocycles. The van der Waals surface area contributed by atoms with Gasteiger partial charge in [-0.1, -0.05) is 18.2 Å². The summed E-state index contributed by atoms with van der Waals surface area (Å²) in [4.78, 5) is 19.8. The Balaban J connectivity index is 1.40. The third-order valence-electron chi connectivity index (χ3n) is 5.15. The van der Waals surface area contributed by atoms with Gasteiger partial charge in [0, 0.05) is 45.0 Å². The van der Waals surface area contributed by atoms with Crippen molar-refractivity contribution in [2.45, 2.75) is 13.5 Å². The zero-order valence-corrected chi connectivity index (χ0v) is 15.0. The first-order valence-electron chi connectivity index (χ1n) is 9.06. The standard InChI is InChI=1S/C20H24N4O2/c1-15-4-2-5-16(14-15)23-11-8-22(9-12-23)10-13-24-19-17(21-20(24)26)6-3-7-18(19)25/h2-7,14,25H,8-13H2,1H3,(H,21,26). The van der Waals surface area contributed by atoms with Gasteiger partial charge in [-0.05, 0) is 36.8 Å². The van der Waals surface area contributed by atoms with E-state index in [2.05, 4.69) is 46.0 Å². The number of piperazine rings is 1. The van der Waals surface area contributed by atoms with Crippen molar-refractivity contribution in [1.82, 2.24) is 14.5 Å². The van der Waals surface area contributed by atoms with Crippen LogP contribution in [0.15, 0.2) is 47.3 Å². The number of phenolic OH excluding ortho intramolecular Hbond substituents is 1. The zero-order chi connectivity index (χ0) is 18.1. The van der Waals surface area contributed by atoms with Crippen molar-refractivity contribution < 1.29 is 5.11 Å². The number of benzene rings is 2. The molecule has 6 nitrogen and oxygen atoms in total. The highest BCUT2D eigenvalue weighted by Gasteiger charge is 2.18. The summed E-state index contributed by atoms with van der Waals surface area (Å²) in [5.41, 5.74) is 3.67. The van der Waals surface area contributed by atoms with Crippen LogP contribution in [0.4, 0.5) is 5.69 Å². The molecule has 0 aliphatic carbocycles. The van der Waals surface area contributed by atoms with Crippen LogP contribution >= 0.6 is 0 Å². The second kappa shape index (κ2) is 6.88. The van der Waals surface area contributed by atoms with Gasteiger partial charge >= 0.3 is 5.69 Å². The van der Waals surface area contributed by atoms with Gasteiger partial charge in [0.05, 0.1) is 5.52 Å². The molecule has 1 fully saturated rings. The fourth-order valence-electron chi connectivity index (χ4n) is 3.71. The lowest BCUT2D eigenvalue weighted by molar-refractivity contribution is 0.248. The molecular weight excluding hydrogens is 328 g/mol. The molecule has 1 saturated heterocycles. The summed E-state index contributed by atoms with van der Waals surface area (Å²) in [6, 6.07) is 13.8. The average Bonchev–Trinajstić information content (AvgIpc) is 2.97. The van der Waals surface area contributed by atoms with Gasteiger partial charge in [0.25, 0.3) is 0 Å². The Labute approximate surface area is 152 Å². The van der Waals surface area contributed by atoms with E-state index in [0.717, 1.165) is 32.7 Å². The van der Waals surface area contributed by atoms with Crippen LogP contribution in [0.3, 0.4) is 0 Å². The van der Waals surface area contributed by atoms with E-state index in [4.69, 9.17) is 0 Å². The first kappa shape index (κ1) is 16.7. The number of aryl methyl sites for hydroxylation is 1. The van der Waals surface area contributed by atoms with Crippen molar-refractivity contribution in [2.24, 2.45) is 0 Å². The fraction of sp³-hybridized carbons (Fsp3) is 0.350. The quantitative estimate of drug-likeness (QED) is 0.755. The highest BCUT2D eigenvalue weighted by Crippen LogP contribution is 2.22. The van der Waals surface area contributed by atoms with Crippen LogP contribution in [-0.2, 0) is 6.54 Å². The van der Waals surface area contributed by atoms with Crippen molar-refractivity contribution in [3.05, 3.63) is 58.5 Å². The number of aromatic amines is 1. The van der Waals surface area contributed by atoms with E-state index < -0.39 is 0 Å². The average molecular weight is 352 g/mol. The monoisotopic (exact) mass is 352 g/mol. The number of nitrogens with one attached hydrogen (secondary N) is 1. The Hall–Kier alpha value is -2.73. The summed E-state index contributed by atoms with van der Waals surface area (Å²) in [5.74, 6) is 0.144. The van der Waals surface area contributed by atoms with Crippen LogP contribution in [0.5, 0.6) is 5.75 Å². The van der Waals surface area contributed by atoms with Gasteiger partial charge in [-0.2, -0.15) is 0 Å².